The molecule has 0 bridgehead atoms. The number of carboxylic acids is 1. The Kier molecular flexibility index (Phi) is 7.49. The van der Waals surface area contributed by atoms with Gasteiger partial charge in [0.1, 0.15) is 6.04 Å². The Morgan fingerprint density at radius 2 is 0.875 bits per heavy atom. The van der Waals surface area contributed by atoms with Crippen LogP contribution in [-0.2, 0) is 4.79 Å². The number of halogens is 17. The summed E-state index contributed by atoms with van der Waals surface area (Å²) in [4.78, 5) is 10.3. The number of carboxylic acid groups (broad SMARTS) is 1. The number of nitrogens with two attached hydrogens (primary N) is 1. The van der Waals surface area contributed by atoms with E-state index in [1.165, 1.54) is 0 Å². The van der Waals surface area contributed by atoms with Gasteiger partial charge in [-0.05, 0) is 6.42 Å². The highest BCUT2D eigenvalue weighted by atomic mass is 19.4. The summed E-state index contributed by atoms with van der Waals surface area (Å²) in [6, 6.07) is -2.54. The number of hydrogen-bond donors (Lipinski definition) is 2. The van der Waals surface area contributed by atoms with Crippen LogP contribution in [0.5, 0.6) is 0 Å². The molecule has 0 fully saturated rings. The number of hydrogen-bond acceptors (Lipinski definition) is 2. The first-order valence-corrected chi connectivity index (χ1v) is 7.27. The third-order valence-corrected chi connectivity index (χ3v) is 3.87. The highest BCUT2D eigenvalue weighted by molar-refractivity contribution is 5.72. The van der Waals surface area contributed by atoms with Crippen LogP contribution >= 0.6 is 0 Å². The van der Waals surface area contributed by atoms with Crippen LogP contribution in [0, 0.1) is 0 Å². The Bertz CT molecular complexity index is 698. The lowest BCUT2D eigenvalue weighted by Gasteiger charge is -2.42. The van der Waals surface area contributed by atoms with Gasteiger partial charge in [-0.1, -0.05) is 0 Å². The third kappa shape index (κ3) is 4.13. The zero-order chi connectivity index (χ0) is 26.6. The molecule has 0 aliphatic heterocycles. The SMILES string of the molecule is NC(CCC(F)(F)C(F)(F)C(F)(F)C(F)(F)C(F)(F)C(F)(F)C(F)(F)C(F)(F)F)C(=O)O. The minimum atomic E-state index is -8.69. The number of aliphatic carboxylic acids is 1. The van der Waals surface area contributed by atoms with E-state index >= 15 is 0 Å². The number of alkyl halides is 17. The summed E-state index contributed by atoms with van der Waals surface area (Å²) in [6.45, 7) is 0. The van der Waals surface area contributed by atoms with Gasteiger partial charge in [-0.3, -0.25) is 4.79 Å². The molecule has 0 spiro atoms. The predicted octanol–water partition coefficient (Wildman–Crippen LogP) is 5.19. The van der Waals surface area contributed by atoms with Crippen LogP contribution in [0.4, 0.5) is 74.6 Å². The fraction of sp³-hybridized carbons (Fsp3) is 0.917. The van der Waals surface area contributed by atoms with Crippen molar-refractivity contribution < 1.29 is 84.5 Å². The average molecular weight is 521 g/mol. The van der Waals surface area contributed by atoms with E-state index in [-0.39, 0.29) is 0 Å². The zero-order valence-electron chi connectivity index (χ0n) is 14.3. The van der Waals surface area contributed by atoms with Crippen LogP contribution in [0.15, 0.2) is 0 Å². The molecular formula is C12H8F17NO2. The van der Waals surface area contributed by atoms with Crippen molar-refractivity contribution in [2.24, 2.45) is 5.73 Å². The van der Waals surface area contributed by atoms with Crippen molar-refractivity contribution in [2.75, 3.05) is 0 Å². The molecule has 1 atom stereocenters. The van der Waals surface area contributed by atoms with Gasteiger partial charge in [0.15, 0.2) is 0 Å². The summed E-state index contributed by atoms with van der Waals surface area (Å²) in [7, 11) is 0. The van der Waals surface area contributed by atoms with Gasteiger partial charge in [-0.25, -0.2) is 0 Å². The first-order valence-electron chi connectivity index (χ1n) is 7.27. The lowest BCUT2D eigenvalue weighted by atomic mass is 9.87. The molecule has 0 radical (unpaired) electrons. The van der Waals surface area contributed by atoms with Crippen LogP contribution in [0.25, 0.3) is 0 Å². The topological polar surface area (TPSA) is 63.3 Å². The van der Waals surface area contributed by atoms with E-state index in [0.717, 1.165) is 0 Å². The van der Waals surface area contributed by atoms with Crippen LogP contribution < -0.4 is 5.73 Å². The Balaban J connectivity index is 6.50. The van der Waals surface area contributed by atoms with E-state index < -0.39 is 72.5 Å². The maximum atomic E-state index is 13.4. The Labute approximate surface area is 164 Å². The number of rotatable bonds is 10. The Morgan fingerprint density at radius 3 is 1.16 bits per heavy atom. The van der Waals surface area contributed by atoms with Crippen LogP contribution in [-0.4, -0.2) is 64.8 Å². The van der Waals surface area contributed by atoms with Crippen LogP contribution in [0.3, 0.4) is 0 Å². The van der Waals surface area contributed by atoms with Crippen LogP contribution in [0.2, 0.25) is 0 Å². The second-order valence-corrected chi connectivity index (χ2v) is 6.13. The fourth-order valence-corrected chi connectivity index (χ4v) is 1.81. The highest BCUT2D eigenvalue weighted by Crippen LogP contribution is 2.64. The zero-order valence-corrected chi connectivity index (χ0v) is 14.3. The number of carbonyl (C=O) groups is 1. The van der Waals surface area contributed by atoms with Gasteiger partial charge in [-0.15, -0.1) is 0 Å². The van der Waals surface area contributed by atoms with E-state index in [2.05, 4.69) is 5.73 Å². The summed E-state index contributed by atoms with van der Waals surface area (Å²) in [5, 5.41) is 8.24. The maximum absolute atomic E-state index is 13.4. The third-order valence-electron chi connectivity index (χ3n) is 3.87. The van der Waals surface area contributed by atoms with Crippen molar-refractivity contribution in [1.29, 1.82) is 0 Å². The van der Waals surface area contributed by atoms with E-state index in [4.69, 9.17) is 5.11 Å². The second-order valence-electron chi connectivity index (χ2n) is 6.13. The first-order chi connectivity index (χ1) is 13.6. The van der Waals surface area contributed by atoms with Gasteiger partial charge < -0.3 is 10.8 Å². The normalized spacial score (nSPS) is 16.8. The minimum absolute atomic E-state index is 1.92. The van der Waals surface area contributed by atoms with Gasteiger partial charge >= 0.3 is 53.6 Å². The molecule has 0 aliphatic carbocycles. The molecule has 0 heterocycles. The largest absolute Gasteiger partial charge is 0.480 e. The molecule has 1 unspecified atom stereocenters. The molecule has 0 saturated carbocycles. The summed E-state index contributed by atoms with van der Waals surface area (Å²) < 4.78 is 220. The van der Waals surface area contributed by atoms with Crippen molar-refractivity contribution in [3.8, 4) is 0 Å². The van der Waals surface area contributed by atoms with Crippen molar-refractivity contribution in [2.45, 2.75) is 66.5 Å². The molecule has 0 saturated heterocycles. The second kappa shape index (κ2) is 7.93. The van der Waals surface area contributed by atoms with Gasteiger partial charge in [0.2, 0.25) is 0 Å². The minimum Gasteiger partial charge on any atom is -0.480 e. The lowest BCUT2D eigenvalue weighted by Crippen LogP contribution is -2.74. The molecule has 0 rings (SSSR count). The molecule has 0 aromatic heterocycles. The van der Waals surface area contributed by atoms with Gasteiger partial charge in [-0.2, -0.15) is 74.6 Å². The summed E-state index contributed by atoms with van der Waals surface area (Å²) in [6.07, 6.45) is -12.6. The molecular weight excluding hydrogens is 513 g/mol. The summed E-state index contributed by atoms with van der Waals surface area (Å²) in [5.41, 5.74) is 4.55. The lowest BCUT2D eigenvalue weighted by molar-refractivity contribution is -0.461. The Morgan fingerprint density at radius 1 is 0.594 bits per heavy atom. The van der Waals surface area contributed by atoms with E-state index in [0.29, 0.717) is 0 Å². The Hall–Kier alpha value is -1.76. The van der Waals surface area contributed by atoms with E-state index in [1.807, 2.05) is 0 Å². The smallest absolute Gasteiger partial charge is 0.460 e. The maximum Gasteiger partial charge on any atom is 0.460 e. The monoisotopic (exact) mass is 521 g/mol. The molecule has 0 aliphatic rings. The summed E-state index contributed by atoms with van der Waals surface area (Å²) >= 11 is 0. The molecule has 0 amide bonds. The first kappa shape index (κ1) is 30.2. The molecule has 32 heavy (non-hydrogen) atoms. The van der Waals surface area contributed by atoms with Crippen molar-refractivity contribution in [1.82, 2.24) is 0 Å². The van der Waals surface area contributed by atoms with Crippen molar-refractivity contribution in [3.63, 3.8) is 0 Å². The van der Waals surface area contributed by atoms with Crippen molar-refractivity contribution in [3.05, 3.63) is 0 Å². The molecule has 192 valence electrons. The fourth-order valence-electron chi connectivity index (χ4n) is 1.81. The summed E-state index contributed by atoms with van der Waals surface area (Å²) in [5.74, 6) is -59.2. The highest BCUT2D eigenvalue weighted by Gasteiger charge is 2.95. The van der Waals surface area contributed by atoms with Crippen molar-refractivity contribution >= 4 is 5.97 Å². The average Bonchev–Trinajstić information content (AvgIpc) is 2.57. The molecule has 3 N–H and O–H groups in total. The van der Waals surface area contributed by atoms with Gasteiger partial charge in [0, 0.05) is 6.42 Å². The quantitative estimate of drug-likeness (QED) is 0.390. The standard InChI is InChI=1S/C12H8F17NO2/c13-5(14,2-1-3(30)4(31)32)6(15,16)7(17,18)8(19,20)9(21,22)10(23,24)11(25,26)12(27,28)29/h3H,1-2,30H2,(H,31,32). The molecule has 0 aromatic carbocycles. The van der Waals surface area contributed by atoms with E-state index in [1.54, 1.807) is 0 Å². The van der Waals surface area contributed by atoms with Gasteiger partial charge in [0.05, 0.1) is 0 Å². The van der Waals surface area contributed by atoms with E-state index in [9.17, 15) is 79.4 Å². The van der Waals surface area contributed by atoms with Gasteiger partial charge in [0.25, 0.3) is 0 Å². The molecule has 20 heteroatoms. The molecule has 0 aromatic rings. The molecule has 3 nitrogen and oxygen atoms in total. The predicted molar refractivity (Wildman–Crippen MR) is 65.5 cm³/mol. The van der Waals surface area contributed by atoms with Crippen LogP contribution in [0.1, 0.15) is 12.8 Å².